The Kier molecular flexibility index (Phi) is 4.93. The van der Waals surface area contributed by atoms with E-state index in [1.165, 1.54) is 12.1 Å². The molecule has 0 spiro atoms. The number of para-hydroxylation sites is 1. The topological polar surface area (TPSA) is 38.3 Å². The zero-order chi connectivity index (χ0) is 15.2. The normalized spacial score (nSPS) is 11.8. The summed E-state index contributed by atoms with van der Waals surface area (Å²) in [5.74, 6) is -0.196. The summed E-state index contributed by atoms with van der Waals surface area (Å²) in [4.78, 5) is 12.1. The van der Waals surface area contributed by atoms with Crippen molar-refractivity contribution in [3.05, 3.63) is 59.9 Å². The lowest BCUT2D eigenvalue weighted by Crippen LogP contribution is -2.14. The SMILES string of the molecule is CC[C@H](C)Oc1cccc(C(=O)Nc2ccccc2F)c1. The van der Waals surface area contributed by atoms with Crippen LogP contribution in [0.1, 0.15) is 30.6 Å². The van der Waals surface area contributed by atoms with Gasteiger partial charge in [-0.05, 0) is 43.7 Å². The molecular weight excluding hydrogens is 269 g/mol. The number of anilines is 1. The van der Waals surface area contributed by atoms with E-state index in [9.17, 15) is 9.18 Å². The molecule has 1 atom stereocenters. The number of carbonyl (C=O) groups excluding carboxylic acids is 1. The van der Waals surface area contributed by atoms with Gasteiger partial charge in [-0.1, -0.05) is 25.1 Å². The zero-order valence-electron chi connectivity index (χ0n) is 12.1. The maximum Gasteiger partial charge on any atom is 0.255 e. The molecule has 4 heteroatoms. The molecule has 21 heavy (non-hydrogen) atoms. The number of carbonyl (C=O) groups is 1. The number of halogens is 1. The summed E-state index contributed by atoms with van der Waals surface area (Å²) in [6, 6.07) is 12.9. The Morgan fingerprint density at radius 2 is 2.00 bits per heavy atom. The van der Waals surface area contributed by atoms with Gasteiger partial charge in [-0.2, -0.15) is 0 Å². The van der Waals surface area contributed by atoms with Crippen molar-refractivity contribution in [3.8, 4) is 5.75 Å². The second-order valence-electron chi connectivity index (χ2n) is 4.80. The van der Waals surface area contributed by atoms with Crippen LogP contribution in [0.3, 0.4) is 0 Å². The van der Waals surface area contributed by atoms with Gasteiger partial charge in [0, 0.05) is 5.56 Å². The largest absolute Gasteiger partial charge is 0.491 e. The van der Waals surface area contributed by atoms with Crippen LogP contribution in [-0.4, -0.2) is 12.0 Å². The Labute approximate surface area is 123 Å². The first-order valence-corrected chi connectivity index (χ1v) is 6.92. The number of hydrogen-bond acceptors (Lipinski definition) is 2. The molecule has 2 aromatic rings. The molecule has 0 heterocycles. The van der Waals surface area contributed by atoms with E-state index in [4.69, 9.17) is 4.74 Å². The minimum absolute atomic E-state index is 0.0786. The van der Waals surface area contributed by atoms with Gasteiger partial charge in [0.15, 0.2) is 0 Å². The number of amides is 1. The number of rotatable bonds is 5. The highest BCUT2D eigenvalue weighted by atomic mass is 19.1. The fourth-order valence-electron chi connectivity index (χ4n) is 1.78. The minimum Gasteiger partial charge on any atom is -0.491 e. The van der Waals surface area contributed by atoms with Crippen LogP contribution >= 0.6 is 0 Å². The fourth-order valence-corrected chi connectivity index (χ4v) is 1.78. The summed E-state index contributed by atoms with van der Waals surface area (Å²) in [6.45, 7) is 3.99. The van der Waals surface area contributed by atoms with Crippen LogP contribution in [0.15, 0.2) is 48.5 Å². The molecule has 0 bridgehead atoms. The third kappa shape index (κ3) is 4.05. The highest BCUT2D eigenvalue weighted by Crippen LogP contribution is 2.18. The van der Waals surface area contributed by atoms with E-state index < -0.39 is 5.82 Å². The number of benzene rings is 2. The monoisotopic (exact) mass is 287 g/mol. The summed E-state index contributed by atoms with van der Waals surface area (Å²) >= 11 is 0. The standard InChI is InChI=1S/C17H18FNO2/c1-3-12(2)21-14-8-6-7-13(11-14)17(20)19-16-10-5-4-9-15(16)18/h4-12H,3H2,1-2H3,(H,19,20)/t12-/m0/s1. The molecule has 1 amide bonds. The molecule has 110 valence electrons. The predicted octanol–water partition coefficient (Wildman–Crippen LogP) is 4.26. The minimum atomic E-state index is -0.460. The molecule has 0 saturated heterocycles. The van der Waals surface area contributed by atoms with Crippen molar-refractivity contribution in [3.63, 3.8) is 0 Å². The molecule has 0 aromatic heterocycles. The highest BCUT2D eigenvalue weighted by molar-refractivity contribution is 6.04. The van der Waals surface area contributed by atoms with Crippen LogP contribution in [-0.2, 0) is 0 Å². The molecule has 0 saturated carbocycles. The molecule has 3 nitrogen and oxygen atoms in total. The smallest absolute Gasteiger partial charge is 0.255 e. The van der Waals surface area contributed by atoms with Gasteiger partial charge in [0.25, 0.3) is 5.91 Å². The first-order valence-electron chi connectivity index (χ1n) is 6.92. The summed E-state index contributed by atoms with van der Waals surface area (Å²) in [7, 11) is 0. The van der Waals surface area contributed by atoms with Gasteiger partial charge in [0.05, 0.1) is 11.8 Å². The van der Waals surface area contributed by atoms with Gasteiger partial charge >= 0.3 is 0 Å². The number of ether oxygens (including phenoxy) is 1. The first kappa shape index (κ1) is 15.0. The van der Waals surface area contributed by atoms with Crippen molar-refractivity contribution in [1.29, 1.82) is 0 Å². The zero-order valence-corrected chi connectivity index (χ0v) is 12.1. The molecule has 1 N–H and O–H groups in total. The lowest BCUT2D eigenvalue weighted by Gasteiger charge is -2.13. The Balaban J connectivity index is 2.12. The van der Waals surface area contributed by atoms with Crippen molar-refractivity contribution < 1.29 is 13.9 Å². The van der Waals surface area contributed by atoms with Crippen LogP contribution < -0.4 is 10.1 Å². The van der Waals surface area contributed by atoms with Crippen molar-refractivity contribution in [1.82, 2.24) is 0 Å². The molecule has 2 rings (SSSR count). The summed E-state index contributed by atoms with van der Waals surface area (Å²) < 4.78 is 19.2. The number of hydrogen-bond donors (Lipinski definition) is 1. The third-order valence-corrected chi connectivity index (χ3v) is 3.13. The second-order valence-corrected chi connectivity index (χ2v) is 4.80. The van der Waals surface area contributed by atoms with E-state index in [-0.39, 0.29) is 17.7 Å². The van der Waals surface area contributed by atoms with Crippen molar-refractivity contribution in [2.24, 2.45) is 0 Å². The van der Waals surface area contributed by atoms with E-state index in [0.29, 0.717) is 11.3 Å². The number of nitrogens with one attached hydrogen (secondary N) is 1. The Morgan fingerprint density at radius 1 is 1.24 bits per heavy atom. The van der Waals surface area contributed by atoms with Gasteiger partial charge in [-0.25, -0.2) is 4.39 Å². The second kappa shape index (κ2) is 6.88. The summed E-state index contributed by atoms with van der Waals surface area (Å²) in [6.07, 6.45) is 0.959. The summed E-state index contributed by atoms with van der Waals surface area (Å²) in [5.41, 5.74) is 0.592. The molecule has 0 aliphatic carbocycles. The van der Waals surface area contributed by atoms with E-state index in [2.05, 4.69) is 5.32 Å². The summed E-state index contributed by atoms with van der Waals surface area (Å²) in [5, 5.41) is 2.55. The van der Waals surface area contributed by atoms with Crippen molar-refractivity contribution >= 4 is 11.6 Å². The van der Waals surface area contributed by atoms with Gasteiger partial charge < -0.3 is 10.1 Å². The Hall–Kier alpha value is -2.36. The van der Waals surface area contributed by atoms with Crippen LogP contribution in [0.5, 0.6) is 5.75 Å². The van der Waals surface area contributed by atoms with Crippen LogP contribution in [0.2, 0.25) is 0 Å². The Morgan fingerprint density at radius 3 is 2.71 bits per heavy atom. The highest BCUT2D eigenvalue weighted by Gasteiger charge is 2.10. The molecule has 0 fully saturated rings. The van der Waals surface area contributed by atoms with E-state index in [1.807, 2.05) is 13.8 Å². The third-order valence-electron chi connectivity index (χ3n) is 3.13. The first-order chi connectivity index (χ1) is 10.1. The van der Waals surface area contributed by atoms with Crippen LogP contribution in [0.4, 0.5) is 10.1 Å². The maximum atomic E-state index is 13.5. The quantitative estimate of drug-likeness (QED) is 0.892. The van der Waals surface area contributed by atoms with Crippen molar-refractivity contribution in [2.45, 2.75) is 26.4 Å². The lowest BCUT2D eigenvalue weighted by atomic mass is 10.2. The molecule has 2 aromatic carbocycles. The van der Waals surface area contributed by atoms with Gasteiger partial charge in [-0.15, -0.1) is 0 Å². The molecule has 0 radical (unpaired) electrons. The van der Waals surface area contributed by atoms with Crippen LogP contribution in [0, 0.1) is 5.82 Å². The van der Waals surface area contributed by atoms with Crippen molar-refractivity contribution in [2.75, 3.05) is 5.32 Å². The molecule has 0 aliphatic heterocycles. The average Bonchev–Trinajstić information content (AvgIpc) is 2.49. The predicted molar refractivity (Wildman–Crippen MR) is 81.2 cm³/mol. The van der Waals surface area contributed by atoms with Gasteiger partial charge in [0.2, 0.25) is 0 Å². The average molecular weight is 287 g/mol. The fraction of sp³-hybridized carbons (Fsp3) is 0.235. The van der Waals surface area contributed by atoms with E-state index in [1.54, 1.807) is 36.4 Å². The molecular formula is C17H18FNO2. The lowest BCUT2D eigenvalue weighted by molar-refractivity contribution is 0.102. The van der Waals surface area contributed by atoms with E-state index >= 15 is 0 Å². The molecule has 0 aliphatic rings. The Bertz CT molecular complexity index is 628. The van der Waals surface area contributed by atoms with E-state index in [0.717, 1.165) is 6.42 Å². The van der Waals surface area contributed by atoms with Crippen LogP contribution in [0.25, 0.3) is 0 Å². The van der Waals surface area contributed by atoms with Gasteiger partial charge in [0.1, 0.15) is 11.6 Å². The maximum absolute atomic E-state index is 13.5. The van der Waals surface area contributed by atoms with Gasteiger partial charge in [-0.3, -0.25) is 4.79 Å². The molecule has 0 unspecified atom stereocenters.